The van der Waals surface area contributed by atoms with Gasteiger partial charge in [0.15, 0.2) is 0 Å². The summed E-state index contributed by atoms with van der Waals surface area (Å²) in [5.41, 5.74) is 2.03. The van der Waals surface area contributed by atoms with Crippen molar-refractivity contribution in [1.29, 1.82) is 0 Å². The van der Waals surface area contributed by atoms with Crippen LogP contribution in [0.15, 0.2) is 49.1 Å². The normalized spacial score (nSPS) is 18.1. The fraction of sp³-hybridized carbons (Fsp3) is 0.312. The Morgan fingerprint density at radius 1 is 1.35 bits per heavy atom. The van der Waals surface area contributed by atoms with Crippen molar-refractivity contribution in [1.82, 2.24) is 9.55 Å². The molecule has 1 aromatic heterocycles. The zero-order valence-electron chi connectivity index (χ0n) is 11.3. The summed E-state index contributed by atoms with van der Waals surface area (Å²) in [5, 5.41) is 4.28. The third-order valence-corrected chi connectivity index (χ3v) is 4.01. The number of aromatic nitrogens is 2. The van der Waals surface area contributed by atoms with Gasteiger partial charge in [0.05, 0.1) is 22.7 Å². The average Bonchev–Trinajstić information content (AvgIpc) is 3.00. The Bertz CT molecular complexity index is 590. The number of halogens is 1. The van der Waals surface area contributed by atoms with Crippen LogP contribution >= 0.6 is 11.6 Å². The van der Waals surface area contributed by atoms with Gasteiger partial charge in [0.2, 0.25) is 0 Å². The van der Waals surface area contributed by atoms with Crippen LogP contribution in [0.3, 0.4) is 0 Å². The quantitative estimate of drug-likeness (QED) is 0.850. The smallest absolute Gasteiger partial charge is 0.0992 e. The number of nitrogens with one attached hydrogen (secondary N) is 1. The SMILES string of the molecule is Clc1cccc(NCC2CC=CCC2)c1-n1ccnc1. The van der Waals surface area contributed by atoms with Gasteiger partial charge >= 0.3 is 0 Å². The molecule has 0 amide bonds. The molecule has 104 valence electrons. The first-order valence-electron chi connectivity index (χ1n) is 7.00. The first-order chi connectivity index (χ1) is 9.84. The molecule has 4 heteroatoms. The molecule has 0 bridgehead atoms. The van der Waals surface area contributed by atoms with Crippen LogP contribution in [0.2, 0.25) is 5.02 Å². The monoisotopic (exact) mass is 287 g/mol. The maximum atomic E-state index is 6.34. The number of allylic oxidation sites excluding steroid dienone is 2. The van der Waals surface area contributed by atoms with Crippen molar-refractivity contribution in [2.45, 2.75) is 19.3 Å². The van der Waals surface area contributed by atoms with Gasteiger partial charge in [-0.1, -0.05) is 29.8 Å². The van der Waals surface area contributed by atoms with Crippen LogP contribution in [-0.2, 0) is 0 Å². The molecule has 0 spiro atoms. The van der Waals surface area contributed by atoms with Gasteiger partial charge in [-0.3, -0.25) is 0 Å². The highest BCUT2D eigenvalue weighted by Gasteiger charge is 2.12. The summed E-state index contributed by atoms with van der Waals surface area (Å²) >= 11 is 6.34. The highest BCUT2D eigenvalue weighted by molar-refractivity contribution is 6.33. The third-order valence-electron chi connectivity index (χ3n) is 3.71. The maximum absolute atomic E-state index is 6.34. The first-order valence-corrected chi connectivity index (χ1v) is 7.38. The van der Waals surface area contributed by atoms with Crippen LogP contribution in [0, 0.1) is 5.92 Å². The summed E-state index contributed by atoms with van der Waals surface area (Å²) in [6, 6.07) is 5.96. The fourth-order valence-electron chi connectivity index (χ4n) is 2.61. The van der Waals surface area contributed by atoms with Crippen LogP contribution in [0.5, 0.6) is 0 Å². The fourth-order valence-corrected chi connectivity index (χ4v) is 2.88. The molecule has 0 radical (unpaired) electrons. The second-order valence-electron chi connectivity index (χ2n) is 5.14. The summed E-state index contributed by atoms with van der Waals surface area (Å²) in [6.45, 7) is 0.979. The van der Waals surface area contributed by atoms with Crippen LogP contribution < -0.4 is 5.32 Å². The molecule has 3 nitrogen and oxygen atoms in total. The molecule has 0 saturated heterocycles. The molecule has 0 aliphatic heterocycles. The standard InChI is InChI=1S/C16H18ClN3/c17-14-7-4-8-15(16(14)20-10-9-18-12-20)19-11-13-5-2-1-3-6-13/h1-2,4,7-10,12-13,19H,3,5-6,11H2. The molecular weight excluding hydrogens is 270 g/mol. The predicted molar refractivity (Wildman–Crippen MR) is 83.5 cm³/mol. The van der Waals surface area contributed by atoms with E-state index in [2.05, 4.69) is 28.5 Å². The van der Waals surface area contributed by atoms with Gasteiger partial charge in [-0.25, -0.2) is 4.98 Å². The van der Waals surface area contributed by atoms with E-state index in [1.165, 1.54) is 12.8 Å². The predicted octanol–water partition coefficient (Wildman–Crippen LogP) is 4.29. The van der Waals surface area contributed by atoms with Gasteiger partial charge in [-0.2, -0.15) is 0 Å². The number of imidazole rings is 1. The van der Waals surface area contributed by atoms with Gasteiger partial charge in [-0.05, 0) is 37.3 Å². The Hall–Kier alpha value is -1.74. The molecule has 0 fully saturated rings. The molecular formula is C16H18ClN3. The Morgan fingerprint density at radius 3 is 3.05 bits per heavy atom. The van der Waals surface area contributed by atoms with Gasteiger partial charge < -0.3 is 9.88 Å². The van der Waals surface area contributed by atoms with Crippen LogP contribution in [0.4, 0.5) is 5.69 Å². The van der Waals surface area contributed by atoms with Crippen LogP contribution in [-0.4, -0.2) is 16.1 Å². The molecule has 1 atom stereocenters. The molecule has 1 heterocycles. The number of benzene rings is 1. The van der Waals surface area contributed by atoms with Crippen molar-refractivity contribution in [3.8, 4) is 5.69 Å². The summed E-state index contributed by atoms with van der Waals surface area (Å²) in [7, 11) is 0. The average molecular weight is 288 g/mol. The Morgan fingerprint density at radius 2 is 2.30 bits per heavy atom. The van der Waals surface area contributed by atoms with E-state index in [9.17, 15) is 0 Å². The molecule has 0 saturated carbocycles. The number of hydrogen-bond donors (Lipinski definition) is 1. The Labute approximate surface area is 124 Å². The summed E-state index contributed by atoms with van der Waals surface area (Å²) in [5.74, 6) is 0.703. The lowest BCUT2D eigenvalue weighted by atomic mass is 9.94. The largest absolute Gasteiger partial charge is 0.383 e. The number of para-hydroxylation sites is 1. The van der Waals surface area contributed by atoms with Crippen molar-refractivity contribution in [3.05, 3.63) is 54.1 Å². The Kier molecular flexibility index (Phi) is 4.07. The van der Waals surface area contributed by atoms with Gasteiger partial charge in [0, 0.05) is 18.9 Å². The summed E-state index contributed by atoms with van der Waals surface area (Å²) < 4.78 is 1.95. The van der Waals surface area contributed by atoms with Crippen molar-refractivity contribution in [2.75, 3.05) is 11.9 Å². The second kappa shape index (κ2) is 6.14. The molecule has 1 unspecified atom stereocenters. The highest BCUT2D eigenvalue weighted by Crippen LogP contribution is 2.29. The van der Waals surface area contributed by atoms with Crippen molar-refractivity contribution < 1.29 is 0 Å². The van der Waals surface area contributed by atoms with Crippen molar-refractivity contribution >= 4 is 17.3 Å². The van der Waals surface area contributed by atoms with E-state index in [1.54, 1.807) is 12.5 Å². The lowest BCUT2D eigenvalue weighted by molar-refractivity contribution is 0.504. The number of hydrogen-bond acceptors (Lipinski definition) is 2. The van der Waals surface area contributed by atoms with Crippen LogP contribution in [0.1, 0.15) is 19.3 Å². The summed E-state index contributed by atoms with van der Waals surface area (Å²) in [4.78, 5) is 4.10. The summed E-state index contributed by atoms with van der Waals surface area (Å²) in [6.07, 6.45) is 13.6. The molecule has 2 aromatic rings. The molecule has 1 aliphatic carbocycles. The van der Waals surface area contributed by atoms with E-state index in [-0.39, 0.29) is 0 Å². The van der Waals surface area contributed by atoms with Crippen molar-refractivity contribution in [2.24, 2.45) is 5.92 Å². The van der Waals surface area contributed by atoms with E-state index in [1.807, 2.05) is 22.9 Å². The highest BCUT2D eigenvalue weighted by atomic mass is 35.5. The molecule has 1 aliphatic rings. The minimum atomic E-state index is 0.703. The van der Waals surface area contributed by atoms with E-state index in [4.69, 9.17) is 11.6 Å². The second-order valence-corrected chi connectivity index (χ2v) is 5.54. The number of anilines is 1. The molecule has 1 aromatic carbocycles. The molecule has 1 N–H and O–H groups in total. The van der Waals surface area contributed by atoms with E-state index >= 15 is 0 Å². The minimum Gasteiger partial charge on any atom is -0.383 e. The number of rotatable bonds is 4. The van der Waals surface area contributed by atoms with Crippen molar-refractivity contribution in [3.63, 3.8) is 0 Å². The van der Waals surface area contributed by atoms with Crippen LogP contribution in [0.25, 0.3) is 5.69 Å². The van der Waals surface area contributed by atoms with Gasteiger partial charge in [0.25, 0.3) is 0 Å². The van der Waals surface area contributed by atoms with Gasteiger partial charge in [0.1, 0.15) is 0 Å². The zero-order chi connectivity index (χ0) is 13.8. The zero-order valence-corrected chi connectivity index (χ0v) is 12.1. The van der Waals surface area contributed by atoms with E-state index < -0.39 is 0 Å². The lowest BCUT2D eigenvalue weighted by Crippen LogP contribution is -2.16. The third kappa shape index (κ3) is 2.88. The lowest BCUT2D eigenvalue weighted by Gasteiger charge is -2.20. The number of nitrogens with zero attached hydrogens (tertiary/aromatic N) is 2. The first kappa shape index (κ1) is 13.3. The Balaban J connectivity index is 1.79. The van der Waals surface area contributed by atoms with Gasteiger partial charge in [-0.15, -0.1) is 0 Å². The molecule has 20 heavy (non-hydrogen) atoms. The van der Waals surface area contributed by atoms with E-state index in [0.717, 1.165) is 29.4 Å². The molecule has 3 rings (SSSR count). The minimum absolute atomic E-state index is 0.703. The topological polar surface area (TPSA) is 29.9 Å². The van der Waals surface area contributed by atoms with E-state index in [0.29, 0.717) is 5.92 Å². The maximum Gasteiger partial charge on any atom is 0.0992 e.